The molecule has 1 aromatic carbocycles. The smallest absolute Gasteiger partial charge is 0.290 e. The summed E-state index contributed by atoms with van der Waals surface area (Å²) in [6.45, 7) is 0. The van der Waals surface area contributed by atoms with Gasteiger partial charge in [-0.15, -0.1) is 0 Å². The highest BCUT2D eigenvalue weighted by molar-refractivity contribution is 9.10. The average molecular weight is 278 g/mol. The van der Waals surface area contributed by atoms with Gasteiger partial charge in [-0.1, -0.05) is 33.0 Å². The van der Waals surface area contributed by atoms with Crippen LogP contribution in [0.4, 0.5) is 0 Å². The SMILES string of the molecule is O/C(=C\[n+]1cccnc1)c1ccc(Br)cc1. The summed E-state index contributed by atoms with van der Waals surface area (Å²) in [6.07, 6.45) is 6.72. The van der Waals surface area contributed by atoms with Crippen LogP contribution in [0.3, 0.4) is 0 Å². The Bertz CT molecular complexity index is 494. The van der Waals surface area contributed by atoms with Gasteiger partial charge in [-0.25, -0.2) is 4.57 Å². The van der Waals surface area contributed by atoms with Crippen LogP contribution >= 0.6 is 15.9 Å². The number of nitrogens with zero attached hydrogens (tertiary/aromatic N) is 2. The monoisotopic (exact) mass is 277 g/mol. The van der Waals surface area contributed by atoms with Gasteiger partial charge < -0.3 is 5.11 Å². The van der Waals surface area contributed by atoms with E-state index in [2.05, 4.69) is 20.9 Å². The van der Waals surface area contributed by atoms with Gasteiger partial charge in [0.2, 0.25) is 0 Å². The summed E-state index contributed by atoms with van der Waals surface area (Å²) < 4.78 is 2.68. The topological polar surface area (TPSA) is 37.0 Å². The third-order valence-corrected chi connectivity index (χ3v) is 2.57. The Morgan fingerprint density at radius 2 is 2.06 bits per heavy atom. The van der Waals surface area contributed by atoms with Crippen molar-refractivity contribution in [3.8, 4) is 0 Å². The fourth-order valence-electron chi connectivity index (χ4n) is 1.25. The molecule has 1 aromatic heterocycles. The Kier molecular flexibility index (Phi) is 3.31. The van der Waals surface area contributed by atoms with Crippen molar-refractivity contribution in [2.24, 2.45) is 0 Å². The summed E-state index contributed by atoms with van der Waals surface area (Å²) in [5, 5.41) is 9.86. The van der Waals surface area contributed by atoms with Crippen LogP contribution in [0.1, 0.15) is 5.56 Å². The minimum absolute atomic E-state index is 0.200. The van der Waals surface area contributed by atoms with E-state index in [9.17, 15) is 5.11 Å². The minimum atomic E-state index is 0.200. The molecular weight excluding hydrogens is 268 g/mol. The van der Waals surface area contributed by atoms with Gasteiger partial charge in [-0.2, -0.15) is 0 Å². The van der Waals surface area contributed by atoms with E-state index in [0.29, 0.717) is 0 Å². The normalized spacial score (nSPS) is 11.4. The standard InChI is InChI=1S/C12H9BrN2O/c13-11-4-2-10(3-5-11)12(16)8-15-7-1-6-14-9-15/h1-9H/p+1/b12-8-. The minimum Gasteiger partial charge on any atom is -0.504 e. The second-order valence-corrected chi connectivity index (χ2v) is 4.14. The number of benzene rings is 1. The lowest BCUT2D eigenvalue weighted by Crippen LogP contribution is -2.25. The van der Waals surface area contributed by atoms with Crippen LogP contribution in [-0.2, 0) is 0 Å². The maximum absolute atomic E-state index is 9.86. The summed E-state index contributed by atoms with van der Waals surface area (Å²) >= 11 is 3.35. The van der Waals surface area contributed by atoms with Gasteiger partial charge in [-0.3, -0.25) is 0 Å². The Morgan fingerprint density at radius 1 is 1.31 bits per heavy atom. The molecule has 0 unspecified atom stereocenters. The van der Waals surface area contributed by atoms with Crippen molar-refractivity contribution in [3.05, 3.63) is 59.1 Å². The third-order valence-electron chi connectivity index (χ3n) is 2.04. The van der Waals surface area contributed by atoms with E-state index in [0.717, 1.165) is 10.0 Å². The molecule has 0 aliphatic rings. The molecule has 0 atom stereocenters. The zero-order chi connectivity index (χ0) is 11.4. The molecule has 0 saturated heterocycles. The Morgan fingerprint density at radius 3 is 2.69 bits per heavy atom. The van der Waals surface area contributed by atoms with E-state index in [-0.39, 0.29) is 5.76 Å². The maximum atomic E-state index is 9.86. The molecule has 0 saturated carbocycles. The van der Waals surface area contributed by atoms with Crippen molar-refractivity contribution >= 4 is 27.9 Å². The highest BCUT2D eigenvalue weighted by atomic mass is 79.9. The van der Waals surface area contributed by atoms with Gasteiger partial charge in [0.1, 0.15) is 12.4 Å². The fourth-order valence-corrected chi connectivity index (χ4v) is 1.52. The number of hydrogen-bond donors (Lipinski definition) is 1. The number of hydrogen-bond acceptors (Lipinski definition) is 2. The van der Waals surface area contributed by atoms with Crippen LogP contribution in [0.2, 0.25) is 0 Å². The van der Waals surface area contributed by atoms with Crippen LogP contribution in [0, 0.1) is 0 Å². The number of halogens is 1. The van der Waals surface area contributed by atoms with E-state index in [1.165, 1.54) is 0 Å². The molecule has 0 aliphatic heterocycles. The molecule has 3 nitrogen and oxygen atoms in total. The predicted molar refractivity (Wildman–Crippen MR) is 65.4 cm³/mol. The Balaban J connectivity index is 2.28. The zero-order valence-corrected chi connectivity index (χ0v) is 10.0. The van der Waals surface area contributed by atoms with Gasteiger partial charge in [0.15, 0.2) is 5.76 Å². The molecule has 0 bridgehead atoms. The average Bonchev–Trinajstić information content (AvgIpc) is 2.31. The van der Waals surface area contributed by atoms with E-state index in [4.69, 9.17) is 0 Å². The van der Waals surface area contributed by atoms with E-state index in [1.807, 2.05) is 30.5 Å². The van der Waals surface area contributed by atoms with Gasteiger partial charge in [0, 0.05) is 16.1 Å². The second kappa shape index (κ2) is 4.90. The quantitative estimate of drug-likeness (QED) is 0.677. The summed E-state index contributed by atoms with van der Waals surface area (Å²) in [5.74, 6) is 0.200. The molecule has 0 fully saturated rings. The lowest BCUT2D eigenvalue weighted by Gasteiger charge is -1.98. The van der Waals surface area contributed by atoms with Gasteiger partial charge in [-0.05, 0) is 12.1 Å². The highest BCUT2D eigenvalue weighted by Gasteiger charge is 2.01. The lowest BCUT2D eigenvalue weighted by atomic mass is 10.2. The number of aliphatic hydroxyl groups excluding tert-OH is 1. The summed E-state index contributed by atoms with van der Waals surface area (Å²) in [5.41, 5.74) is 0.763. The van der Waals surface area contributed by atoms with Crippen molar-refractivity contribution in [1.82, 2.24) is 4.98 Å². The number of rotatable bonds is 2. The van der Waals surface area contributed by atoms with Crippen molar-refractivity contribution in [2.75, 3.05) is 0 Å². The Hall–Kier alpha value is -1.68. The van der Waals surface area contributed by atoms with Crippen LogP contribution in [0.5, 0.6) is 0 Å². The zero-order valence-electron chi connectivity index (χ0n) is 8.42. The first-order valence-electron chi connectivity index (χ1n) is 4.73. The molecule has 16 heavy (non-hydrogen) atoms. The summed E-state index contributed by atoms with van der Waals surface area (Å²) in [7, 11) is 0. The van der Waals surface area contributed by atoms with Crippen LogP contribution in [0.25, 0.3) is 12.0 Å². The van der Waals surface area contributed by atoms with E-state index >= 15 is 0 Å². The highest BCUT2D eigenvalue weighted by Crippen LogP contribution is 2.15. The van der Waals surface area contributed by atoms with E-state index in [1.54, 1.807) is 29.4 Å². The molecule has 80 valence electrons. The van der Waals surface area contributed by atoms with Crippen LogP contribution < -0.4 is 4.57 Å². The lowest BCUT2D eigenvalue weighted by molar-refractivity contribution is -0.571. The fraction of sp³-hybridized carbons (Fsp3) is 0. The van der Waals surface area contributed by atoms with Gasteiger partial charge >= 0.3 is 0 Å². The van der Waals surface area contributed by atoms with Gasteiger partial charge in [0.25, 0.3) is 6.33 Å². The molecule has 1 heterocycles. The third kappa shape index (κ3) is 2.67. The molecule has 0 spiro atoms. The second-order valence-electron chi connectivity index (χ2n) is 3.22. The largest absolute Gasteiger partial charge is 0.504 e. The Labute approximate surface area is 102 Å². The summed E-state index contributed by atoms with van der Waals surface area (Å²) in [4.78, 5) is 3.95. The van der Waals surface area contributed by atoms with Crippen molar-refractivity contribution < 1.29 is 9.67 Å². The molecule has 0 aliphatic carbocycles. The van der Waals surface area contributed by atoms with Gasteiger partial charge in [0.05, 0.1) is 6.20 Å². The maximum Gasteiger partial charge on any atom is 0.290 e. The molecule has 1 N–H and O–H groups in total. The number of aromatic nitrogens is 2. The first-order chi connectivity index (χ1) is 7.75. The molecule has 0 radical (unpaired) electrons. The molecule has 2 rings (SSSR count). The van der Waals surface area contributed by atoms with Crippen LogP contribution in [-0.4, -0.2) is 10.1 Å². The molecule has 0 amide bonds. The first kappa shape index (κ1) is 10.8. The van der Waals surface area contributed by atoms with Crippen molar-refractivity contribution in [2.45, 2.75) is 0 Å². The summed E-state index contributed by atoms with van der Waals surface area (Å²) in [6, 6.07) is 9.24. The van der Waals surface area contributed by atoms with E-state index < -0.39 is 0 Å². The van der Waals surface area contributed by atoms with Crippen molar-refractivity contribution in [1.29, 1.82) is 0 Å². The molecule has 2 aromatic rings. The first-order valence-corrected chi connectivity index (χ1v) is 5.52. The molecular formula is C12H10BrN2O+. The molecule has 4 heteroatoms. The predicted octanol–water partition coefficient (Wildman–Crippen LogP) is 2.65. The van der Waals surface area contributed by atoms with Crippen LogP contribution in [0.15, 0.2) is 53.5 Å². The van der Waals surface area contributed by atoms with Crippen molar-refractivity contribution in [3.63, 3.8) is 0 Å². The number of aliphatic hydroxyl groups is 1.